The largest absolute Gasteiger partial charge is 0.382 e. The first-order valence-electron chi connectivity index (χ1n) is 4.54. The van der Waals surface area contributed by atoms with E-state index in [4.69, 9.17) is 11.5 Å². The van der Waals surface area contributed by atoms with Gasteiger partial charge in [0.25, 0.3) is 5.91 Å². The first-order chi connectivity index (χ1) is 7.33. The number of carbonyl (C=O) groups is 2. The summed E-state index contributed by atoms with van der Waals surface area (Å²) in [5.41, 5.74) is 9.37. The number of nitrogens with zero attached hydrogens (tertiary/aromatic N) is 2. The molecule has 0 fully saturated rings. The maximum absolute atomic E-state index is 11.6. The summed E-state index contributed by atoms with van der Waals surface area (Å²) in [6.45, 7) is 3.00. The van der Waals surface area contributed by atoms with E-state index < -0.39 is 17.4 Å². The molecule has 1 rings (SSSR count). The number of hydrogen-bond acceptors (Lipinski definition) is 5. The lowest BCUT2D eigenvalue weighted by molar-refractivity contribution is -0.122. The maximum Gasteiger partial charge on any atom is 0.272 e. The van der Waals surface area contributed by atoms with Crippen LogP contribution in [-0.2, 0) is 4.79 Å². The van der Waals surface area contributed by atoms with Gasteiger partial charge in [0.05, 0.1) is 0 Å². The van der Waals surface area contributed by atoms with Gasteiger partial charge in [-0.25, -0.2) is 0 Å². The zero-order chi connectivity index (χ0) is 12.3. The van der Waals surface area contributed by atoms with Crippen LogP contribution >= 0.6 is 0 Å². The highest BCUT2D eigenvalue weighted by atomic mass is 16.2. The SMILES string of the molecule is CC(C)(NC(=O)c1ccc(N)nn1)C(N)=O. The Bertz CT molecular complexity index is 412. The van der Waals surface area contributed by atoms with E-state index in [0.29, 0.717) is 0 Å². The second-order valence-electron chi connectivity index (χ2n) is 3.79. The van der Waals surface area contributed by atoms with Crippen molar-refractivity contribution in [1.82, 2.24) is 15.5 Å². The van der Waals surface area contributed by atoms with Gasteiger partial charge in [-0.3, -0.25) is 9.59 Å². The number of anilines is 1. The third-order valence-corrected chi connectivity index (χ3v) is 1.96. The van der Waals surface area contributed by atoms with Gasteiger partial charge < -0.3 is 16.8 Å². The summed E-state index contributed by atoms with van der Waals surface area (Å²) in [7, 11) is 0. The molecule has 0 aliphatic rings. The van der Waals surface area contributed by atoms with E-state index in [2.05, 4.69) is 15.5 Å². The summed E-state index contributed by atoms with van der Waals surface area (Å²) in [5.74, 6) is -0.953. The van der Waals surface area contributed by atoms with E-state index in [1.54, 1.807) is 0 Å². The molecule has 0 atom stereocenters. The Morgan fingerprint density at radius 2 is 1.94 bits per heavy atom. The Kier molecular flexibility index (Phi) is 3.07. The summed E-state index contributed by atoms with van der Waals surface area (Å²) in [4.78, 5) is 22.6. The Morgan fingerprint density at radius 3 is 2.38 bits per heavy atom. The van der Waals surface area contributed by atoms with Crippen LogP contribution < -0.4 is 16.8 Å². The van der Waals surface area contributed by atoms with Crippen LogP contribution in [0.15, 0.2) is 12.1 Å². The fourth-order valence-corrected chi connectivity index (χ4v) is 0.873. The molecule has 1 heterocycles. The maximum atomic E-state index is 11.6. The molecule has 86 valence electrons. The molecule has 0 saturated heterocycles. The molecule has 1 aromatic rings. The van der Waals surface area contributed by atoms with Crippen molar-refractivity contribution in [2.75, 3.05) is 5.73 Å². The molecule has 7 nitrogen and oxygen atoms in total. The molecule has 7 heteroatoms. The van der Waals surface area contributed by atoms with Crippen molar-refractivity contribution >= 4 is 17.6 Å². The molecule has 16 heavy (non-hydrogen) atoms. The first-order valence-corrected chi connectivity index (χ1v) is 4.54. The Morgan fingerprint density at radius 1 is 1.31 bits per heavy atom. The zero-order valence-electron chi connectivity index (χ0n) is 9.02. The van der Waals surface area contributed by atoms with E-state index in [1.165, 1.54) is 26.0 Å². The second kappa shape index (κ2) is 4.13. The lowest BCUT2D eigenvalue weighted by Gasteiger charge is -2.21. The van der Waals surface area contributed by atoms with Crippen LogP contribution in [0.2, 0.25) is 0 Å². The van der Waals surface area contributed by atoms with Gasteiger partial charge in [0.2, 0.25) is 5.91 Å². The molecule has 1 aromatic heterocycles. The minimum atomic E-state index is -1.14. The van der Waals surface area contributed by atoms with Crippen LogP contribution in [0.5, 0.6) is 0 Å². The number of nitrogens with two attached hydrogens (primary N) is 2. The van der Waals surface area contributed by atoms with Crippen LogP contribution in [0, 0.1) is 0 Å². The van der Waals surface area contributed by atoms with E-state index in [9.17, 15) is 9.59 Å². The number of amides is 2. The van der Waals surface area contributed by atoms with Gasteiger partial charge in [-0.05, 0) is 26.0 Å². The molecule has 0 radical (unpaired) electrons. The first kappa shape index (κ1) is 11.9. The van der Waals surface area contributed by atoms with Gasteiger partial charge in [-0.1, -0.05) is 0 Å². The number of nitrogens with one attached hydrogen (secondary N) is 1. The molecule has 0 unspecified atom stereocenters. The van der Waals surface area contributed by atoms with Crippen molar-refractivity contribution in [2.24, 2.45) is 5.73 Å². The van der Waals surface area contributed by atoms with Gasteiger partial charge >= 0.3 is 0 Å². The molecule has 0 aromatic carbocycles. The molecule has 0 aliphatic carbocycles. The predicted octanol–water partition coefficient (Wildman–Crippen LogP) is -0.947. The highest BCUT2D eigenvalue weighted by Gasteiger charge is 2.27. The Balaban J connectivity index is 2.81. The second-order valence-corrected chi connectivity index (χ2v) is 3.79. The van der Waals surface area contributed by atoms with Gasteiger partial charge in [0.15, 0.2) is 5.69 Å². The highest BCUT2D eigenvalue weighted by molar-refractivity contribution is 5.97. The molecule has 0 saturated carbocycles. The molecule has 2 amide bonds. The quantitative estimate of drug-likeness (QED) is 0.609. The van der Waals surface area contributed by atoms with Gasteiger partial charge in [-0.2, -0.15) is 0 Å². The fourth-order valence-electron chi connectivity index (χ4n) is 0.873. The number of primary amides is 1. The van der Waals surface area contributed by atoms with Crippen molar-refractivity contribution in [3.8, 4) is 0 Å². The standard InChI is InChI=1S/C9H13N5O2/c1-9(2,8(11)16)12-7(15)5-3-4-6(10)14-13-5/h3-4H,1-2H3,(H2,10,14)(H2,11,16)(H,12,15). The summed E-state index contributed by atoms with van der Waals surface area (Å²) < 4.78 is 0. The van der Waals surface area contributed by atoms with Crippen LogP contribution in [0.25, 0.3) is 0 Å². The third-order valence-electron chi connectivity index (χ3n) is 1.96. The van der Waals surface area contributed by atoms with Gasteiger partial charge in [0.1, 0.15) is 11.4 Å². The average Bonchev–Trinajstić information content (AvgIpc) is 2.17. The van der Waals surface area contributed by atoms with Crippen LogP contribution in [0.4, 0.5) is 5.82 Å². The van der Waals surface area contributed by atoms with Gasteiger partial charge in [0, 0.05) is 0 Å². The fraction of sp³-hybridized carbons (Fsp3) is 0.333. The molecule has 0 bridgehead atoms. The molecular weight excluding hydrogens is 210 g/mol. The topological polar surface area (TPSA) is 124 Å². The lowest BCUT2D eigenvalue weighted by Crippen LogP contribution is -2.53. The minimum Gasteiger partial charge on any atom is -0.382 e. The highest BCUT2D eigenvalue weighted by Crippen LogP contribution is 2.03. The zero-order valence-corrected chi connectivity index (χ0v) is 9.02. The van der Waals surface area contributed by atoms with Crippen LogP contribution in [0.3, 0.4) is 0 Å². The van der Waals surface area contributed by atoms with Crippen LogP contribution in [-0.4, -0.2) is 27.6 Å². The summed E-state index contributed by atoms with van der Waals surface area (Å²) in [5, 5.41) is 9.54. The minimum absolute atomic E-state index is 0.0727. The average molecular weight is 223 g/mol. The number of carbonyl (C=O) groups excluding carboxylic acids is 2. The number of aromatic nitrogens is 2. The lowest BCUT2D eigenvalue weighted by atomic mass is 10.1. The van der Waals surface area contributed by atoms with Crippen molar-refractivity contribution < 1.29 is 9.59 Å². The Hall–Kier alpha value is -2.18. The van der Waals surface area contributed by atoms with Crippen molar-refractivity contribution in [2.45, 2.75) is 19.4 Å². The predicted molar refractivity (Wildman–Crippen MR) is 57.2 cm³/mol. The number of nitrogen functional groups attached to an aromatic ring is 1. The van der Waals surface area contributed by atoms with Crippen molar-refractivity contribution in [3.63, 3.8) is 0 Å². The smallest absolute Gasteiger partial charge is 0.272 e. The molecule has 5 N–H and O–H groups in total. The molecular formula is C9H13N5O2. The van der Waals surface area contributed by atoms with E-state index in [1.807, 2.05) is 0 Å². The molecule has 0 spiro atoms. The Labute approximate surface area is 92.2 Å². The number of hydrogen-bond donors (Lipinski definition) is 3. The van der Waals surface area contributed by atoms with Crippen LogP contribution in [0.1, 0.15) is 24.3 Å². The van der Waals surface area contributed by atoms with Gasteiger partial charge in [-0.15, -0.1) is 10.2 Å². The monoisotopic (exact) mass is 223 g/mol. The van der Waals surface area contributed by atoms with E-state index >= 15 is 0 Å². The van der Waals surface area contributed by atoms with E-state index in [-0.39, 0.29) is 11.5 Å². The number of rotatable bonds is 3. The summed E-state index contributed by atoms with van der Waals surface area (Å²) in [6, 6.07) is 2.86. The normalized spacial score (nSPS) is 10.9. The van der Waals surface area contributed by atoms with Crippen molar-refractivity contribution in [3.05, 3.63) is 17.8 Å². The third kappa shape index (κ3) is 2.66. The molecule has 0 aliphatic heterocycles. The summed E-state index contributed by atoms with van der Waals surface area (Å²) >= 11 is 0. The summed E-state index contributed by atoms with van der Waals surface area (Å²) in [6.07, 6.45) is 0. The van der Waals surface area contributed by atoms with E-state index in [0.717, 1.165) is 0 Å². The van der Waals surface area contributed by atoms with Crippen molar-refractivity contribution in [1.29, 1.82) is 0 Å².